The van der Waals surface area contributed by atoms with Crippen molar-refractivity contribution < 1.29 is 4.79 Å². The molecule has 0 saturated heterocycles. The molecular weight excluding hydrogens is 314 g/mol. The molecule has 2 aromatic heterocycles. The Bertz CT molecular complexity index is 787. The molecule has 0 saturated carbocycles. The first-order valence-electron chi connectivity index (χ1n) is 8.82. The maximum atomic E-state index is 12.2. The summed E-state index contributed by atoms with van der Waals surface area (Å²) in [5, 5.41) is 6.32. The van der Waals surface area contributed by atoms with Crippen molar-refractivity contribution in [3.63, 3.8) is 0 Å². The van der Waals surface area contributed by atoms with E-state index in [1.165, 1.54) is 0 Å². The van der Waals surface area contributed by atoms with Gasteiger partial charge in [-0.1, -0.05) is 19.9 Å². The highest BCUT2D eigenvalue weighted by Gasteiger charge is 2.24. The van der Waals surface area contributed by atoms with Gasteiger partial charge < -0.3 is 10.6 Å². The van der Waals surface area contributed by atoms with Crippen LogP contribution < -0.4 is 10.6 Å². The fourth-order valence-corrected chi connectivity index (χ4v) is 3.00. The van der Waals surface area contributed by atoms with Crippen molar-refractivity contribution in [1.29, 1.82) is 0 Å². The first-order chi connectivity index (χ1) is 11.9. The number of fused-ring (bicyclic) bond motifs is 1. The normalized spacial score (nSPS) is 14.8. The average Bonchev–Trinajstić information content (AvgIpc) is 2.55. The quantitative estimate of drug-likeness (QED) is 0.875. The number of nitrogens with zero attached hydrogens (tertiary/aromatic N) is 3. The van der Waals surface area contributed by atoms with Crippen LogP contribution in [0.2, 0.25) is 0 Å². The van der Waals surface area contributed by atoms with E-state index in [1.54, 1.807) is 0 Å². The minimum atomic E-state index is -0.113. The van der Waals surface area contributed by atoms with Crippen molar-refractivity contribution in [1.82, 2.24) is 20.3 Å². The van der Waals surface area contributed by atoms with Crippen LogP contribution in [0.15, 0.2) is 18.2 Å². The van der Waals surface area contributed by atoms with Gasteiger partial charge in [0.25, 0.3) is 5.91 Å². The molecule has 132 valence electrons. The largest absolute Gasteiger partial charge is 0.362 e. The number of rotatable bonds is 5. The molecule has 25 heavy (non-hydrogen) atoms. The van der Waals surface area contributed by atoms with Gasteiger partial charge in [0.15, 0.2) is 0 Å². The van der Waals surface area contributed by atoms with E-state index in [0.717, 1.165) is 35.6 Å². The van der Waals surface area contributed by atoms with E-state index in [9.17, 15) is 4.79 Å². The summed E-state index contributed by atoms with van der Waals surface area (Å²) in [6.07, 6.45) is 1.48. The number of amides is 1. The van der Waals surface area contributed by atoms with Gasteiger partial charge in [-0.3, -0.25) is 9.78 Å². The fraction of sp³-hybridized carbons (Fsp3) is 0.474. The van der Waals surface area contributed by atoms with Crippen LogP contribution in [-0.2, 0) is 12.8 Å². The second-order valence-corrected chi connectivity index (χ2v) is 6.99. The molecule has 1 amide bonds. The zero-order valence-electron chi connectivity index (χ0n) is 15.3. The summed E-state index contributed by atoms with van der Waals surface area (Å²) >= 11 is 0. The predicted molar refractivity (Wildman–Crippen MR) is 97.6 cm³/mol. The molecule has 0 aliphatic carbocycles. The third kappa shape index (κ3) is 3.95. The molecule has 1 aliphatic heterocycles. The van der Waals surface area contributed by atoms with Gasteiger partial charge in [0.2, 0.25) is 0 Å². The third-order valence-electron chi connectivity index (χ3n) is 4.23. The number of aromatic nitrogens is 3. The van der Waals surface area contributed by atoms with Crippen molar-refractivity contribution in [3.05, 3.63) is 46.7 Å². The molecule has 0 radical (unpaired) electrons. The van der Waals surface area contributed by atoms with Crippen LogP contribution in [0.5, 0.6) is 0 Å². The van der Waals surface area contributed by atoms with Gasteiger partial charge in [-0.25, -0.2) is 9.97 Å². The molecule has 6 nitrogen and oxygen atoms in total. The van der Waals surface area contributed by atoms with Crippen molar-refractivity contribution in [2.24, 2.45) is 5.92 Å². The molecule has 3 rings (SSSR count). The van der Waals surface area contributed by atoms with Gasteiger partial charge in [0.05, 0.1) is 11.7 Å². The summed E-state index contributed by atoms with van der Waals surface area (Å²) in [5.74, 6) is 1.77. The number of hydrogen-bond donors (Lipinski definition) is 2. The van der Waals surface area contributed by atoms with Crippen LogP contribution in [0.4, 0.5) is 5.82 Å². The van der Waals surface area contributed by atoms with E-state index in [2.05, 4.69) is 41.4 Å². The summed E-state index contributed by atoms with van der Waals surface area (Å²) in [6, 6.07) is 5.98. The highest BCUT2D eigenvalue weighted by atomic mass is 16.1. The summed E-state index contributed by atoms with van der Waals surface area (Å²) in [4.78, 5) is 26.0. The standard InChI is InChI=1S/C19H25N5O/c1-11(2)10-16-23-17-14(8-9-20-19(17)25)18(24-16)22-13(4)15-7-5-6-12(3)21-15/h5-7,11,13H,8-10H2,1-4H3,(H,20,25)(H,22,23,24). The van der Waals surface area contributed by atoms with E-state index in [0.29, 0.717) is 24.0 Å². The minimum absolute atomic E-state index is 0.00390. The fourth-order valence-electron chi connectivity index (χ4n) is 3.00. The molecule has 6 heteroatoms. The number of carbonyl (C=O) groups is 1. The SMILES string of the molecule is Cc1cccc(C(C)Nc2nc(CC(C)C)nc3c2CCNC3=O)n1. The molecule has 0 fully saturated rings. The van der Waals surface area contributed by atoms with Gasteiger partial charge in [-0.15, -0.1) is 0 Å². The second-order valence-electron chi connectivity index (χ2n) is 6.99. The van der Waals surface area contributed by atoms with Crippen LogP contribution in [0.3, 0.4) is 0 Å². The molecule has 2 N–H and O–H groups in total. The number of nitrogens with one attached hydrogen (secondary N) is 2. The Morgan fingerprint density at radius 1 is 1.20 bits per heavy atom. The van der Waals surface area contributed by atoms with Gasteiger partial charge in [0, 0.05) is 24.2 Å². The van der Waals surface area contributed by atoms with Crippen LogP contribution in [0, 0.1) is 12.8 Å². The summed E-state index contributed by atoms with van der Waals surface area (Å²) in [6.45, 7) is 8.89. The Kier molecular flexibility index (Phi) is 4.97. The van der Waals surface area contributed by atoms with Crippen LogP contribution in [0.25, 0.3) is 0 Å². The second kappa shape index (κ2) is 7.17. The number of pyridine rings is 1. The zero-order chi connectivity index (χ0) is 18.0. The molecule has 0 spiro atoms. The monoisotopic (exact) mass is 339 g/mol. The maximum absolute atomic E-state index is 12.2. The molecule has 1 unspecified atom stereocenters. The average molecular weight is 339 g/mol. The highest BCUT2D eigenvalue weighted by Crippen LogP contribution is 2.25. The van der Waals surface area contributed by atoms with Crippen LogP contribution in [-0.4, -0.2) is 27.4 Å². The summed E-state index contributed by atoms with van der Waals surface area (Å²) < 4.78 is 0. The third-order valence-corrected chi connectivity index (χ3v) is 4.23. The molecule has 2 aromatic rings. The summed E-state index contributed by atoms with van der Waals surface area (Å²) in [5.41, 5.74) is 3.34. The van der Waals surface area contributed by atoms with Crippen molar-refractivity contribution in [2.45, 2.75) is 46.6 Å². The predicted octanol–water partition coefficient (Wildman–Crippen LogP) is 2.84. The van der Waals surface area contributed by atoms with E-state index in [-0.39, 0.29) is 11.9 Å². The highest BCUT2D eigenvalue weighted by molar-refractivity contribution is 5.96. The van der Waals surface area contributed by atoms with Crippen molar-refractivity contribution >= 4 is 11.7 Å². The Morgan fingerprint density at radius 2 is 2.00 bits per heavy atom. The molecule has 0 aromatic carbocycles. The summed E-state index contributed by atoms with van der Waals surface area (Å²) in [7, 11) is 0. The van der Waals surface area contributed by atoms with E-state index in [4.69, 9.17) is 4.98 Å². The first-order valence-corrected chi connectivity index (χ1v) is 8.82. The Balaban J connectivity index is 1.96. The van der Waals surface area contributed by atoms with Crippen molar-refractivity contribution in [3.8, 4) is 0 Å². The number of anilines is 1. The number of aryl methyl sites for hydroxylation is 1. The van der Waals surface area contributed by atoms with Crippen LogP contribution >= 0.6 is 0 Å². The van der Waals surface area contributed by atoms with E-state index >= 15 is 0 Å². The molecule has 1 atom stereocenters. The molecule has 1 aliphatic rings. The van der Waals surface area contributed by atoms with E-state index < -0.39 is 0 Å². The molecule has 3 heterocycles. The Morgan fingerprint density at radius 3 is 2.72 bits per heavy atom. The van der Waals surface area contributed by atoms with Gasteiger partial charge in [-0.2, -0.15) is 0 Å². The first kappa shape index (κ1) is 17.3. The Labute approximate surface area is 148 Å². The zero-order valence-corrected chi connectivity index (χ0v) is 15.3. The lowest BCUT2D eigenvalue weighted by Gasteiger charge is -2.22. The van der Waals surface area contributed by atoms with E-state index in [1.807, 2.05) is 25.1 Å². The van der Waals surface area contributed by atoms with Crippen LogP contribution in [0.1, 0.15) is 60.1 Å². The molecular formula is C19H25N5O. The smallest absolute Gasteiger partial charge is 0.270 e. The Hall–Kier alpha value is -2.50. The lowest BCUT2D eigenvalue weighted by Crippen LogP contribution is -2.34. The maximum Gasteiger partial charge on any atom is 0.270 e. The topological polar surface area (TPSA) is 79.8 Å². The van der Waals surface area contributed by atoms with Gasteiger partial charge in [-0.05, 0) is 38.3 Å². The number of carbonyl (C=O) groups excluding carboxylic acids is 1. The lowest BCUT2D eigenvalue weighted by molar-refractivity contribution is 0.0940. The van der Waals surface area contributed by atoms with Gasteiger partial charge >= 0.3 is 0 Å². The molecule has 0 bridgehead atoms. The minimum Gasteiger partial charge on any atom is -0.362 e. The van der Waals surface area contributed by atoms with Gasteiger partial charge in [0.1, 0.15) is 17.3 Å². The number of hydrogen-bond acceptors (Lipinski definition) is 5. The van der Waals surface area contributed by atoms with Crippen molar-refractivity contribution in [2.75, 3.05) is 11.9 Å². The lowest BCUT2D eigenvalue weighted by atomic mass is 10.0.